The lowest BCUT2D eigenvalue weighted by Crippen LogP contribution is -2.47. The summed E-state index contributed by atoms with van der Waals surface area (Å²) < 4.78 is 22.9. The molecule has 0 bridgehead atoms. The predicted molar refractivity (Wildman–Crippen MR) is 76.5 cm³/mol. The summed E-state index contributed by atoms with van der Waals surface area (Å²) in [5, 5.41) is 0. The first kappa shape index (κ1) is 16.4. The highest BCUT2D eigenvalue weighted by atomic mass is 32.2. The van der Waals surface area contributed by atoms with Crippen molar-refractivity contribution in [2.45, 2.75) is 33.1 Å². The number of sulfone groups is 1. The third-order valence-corrected chi connectivity index (χ3v) is 6.24. The molecule has 1 heterocycles. The van der Waals surface area contributed by atoms with Gasteiger partial charge in [-0.1, -0.05) is 13.8 Å². The zero-order valence-electron chi connectivity index (χ0n) is 12.2. The van der Waals surface area contributed by atoms with Crippen LogP contribution in [-0.2, 0) is 14.6 Å². The Morgan fingerprint density at radius 3 is 2.32 bits per heavy atom. The highest BCUT2D eigenvalue weighted by Gasteiger charge is 2.37. The molecule has 112 valence electrons. The van der Waals surface area contributed by atoms with Gasteiger partial charge in [-0.25, -0.2) is 8.42 Å². The minimum absolute atomic E-state index is 0.0456. The molecule has 1 amide bonds. The second-order valence-electron chi connectivity index (χ2n) is 5.65. The molecule has 1 rings (SSSR count). The van der Waals surface area contributed by atoms with Crippen molar-refractivity contribution in [1.82, 2.24) is 4.90 Å². The van der Waals surface area contributed by atoms with Crippen molar-refractivity contribution in [3.05, 3.63) is 0 Å². The van der Waals surface area contributed by atoms with Crippen LogP contribution in [0, 0.1) is 11.3 Å². The van der Waals surface area contributed by atoms with E-state index in [-0.39, 0.29) is 23.3 Å². The SMILES string of the molecule is CCC(CC)(CN)C(=O)N(C)CC1CCS(=O)(=O)C1. The van der Waals surface area contributed by atoms with Gasteiger partial charge in [0.2, 0.25) is 5.91 Å². The number of hydrogen-bond donors (Lipinski definition) is 1. The maximum absolute atomic E-state index is 12.5. The Hall–Kier alpha value is -0.620. The Labute approximate surface area is 116 Å². The molecule has 1 aliphatic rings. The van der Waals surface area contributed by atoms with Gasteiger partial charge < -0.3 is 10.6 Å². The van der Waals surface area contributed by atoms with Crippen LogP contribution in [0.25, 0.3) is 0 Å². The summed E-state index contributed by atoms with van der Waals surface area (Å²) in [4.78, 5) is 14.2. The number of hydrogen-bond acceptors (Lipinski definition) is 4. The third kappa shape index (κ3) is 3.69. The Morgan fingerprint density at radius 1 is 1.37 bits per heavy atom. The van der Waals surface area contributed by atoms with E-state index in [1.165, 1.54) is 0 Å². The summed E-state index contributed by atoms with van der Waals surface area (Å²) in [5.74, 6) is 0.578. The lowest BCUT2D eigenvalue weighted by Gasteiger charge is -2.34. The smallest absolute Gasteiger partial charge is 0.229 e. The maximum atomic E-state index is 12.5. The zero-order chi connectivity index (χ0) is 14.7. The molecule has 6 heteroatoms. The molecule has 0 aromatic heterocycles. The maximum Gasteiger partial charge on any atom is 0.229 e. The minimum Gasteiger partial charge on any atom is -0.345 e. The molecule has 19 heavy (non-hydrogen) atoms. The molecular formula is C13H26N2O3S. The molecule has 0 spiro atoms. The van der Waals surface area contributed by atoms with Crippen LogP contribution in [0.5, 0.6) is 0 Å². The van der Waals surface area contributed by atoms with Crippen molar-refractivity contribution in [1.29, 1.82) is 0 Å². The molecule has 1 fully saturated rings. The summed E-state index contributed by atoms with van der Waals surface area (Å²) in [6, 6.07) is 0. The second-order valence-corrected chi connectivity index (χ2v) is 7.88. The summed E-state index contributed by atoms with van der Waals surface area (Å²) in [7, 11) is -1.13. The van der Waals surface area contributed by atoms with Crippen LogP contribution in [0.2, 0.25) is 0 Å². The van der Waals surface area contributed by atoms with Crippen LogP contribution in [0.1, 0.15) is 33.1 Å². The molecule has 1 aliphatic heterocycles. The average Bonchev–Trinajstić information content (AvgIpc) is 2.71. The molecule has 0 radical (unpaired) electrons. The number of carbonyl (C=O) groups excluding carboxylic acids is 1. The van der Waals surface area contributed by atoms with Crippen LogP contribution in [-0.4, -0.2) is 50.9 Å². The van der Waals surface area contributed by atoms with Gasteiger partial charge in [-0.2, -0.15) is 0 Å². The Morgan fingerprint density at radius 2 is 1.95 bits per heavy atom. The molecule has 0 aromatic carbocycles. The number of carbonyl (C=O) groups is 1. The van der Waals surface area contributed by atoms with E-state index in [1.54, 1.807) is 11.9 Å². The van der Waals surface area contributed by atoms with Gasteiger partial charge in [0.05, 0.1) is 16.9 Å². The van der Waals surface area contributed by atoms with E-state index in [0.29, 0.717) is 32.4 Å². The first-order valence-corrected chi connectivity index (χ1v) is 8.78. The predicted octanol–water partition coefficient (Wildman–Crippen LogP) is 0.645. The van der Waals surface area contributed by atoms with Crippen molar-refractivity contribution in [3.8, 4) is 0 Å². The number of rotatable bonds is 6. The molecule has 1 unspecified atom stereocenters. The van der Waals surface area contributed by atoms with Gasteiger partial charge in [0.1, 0.15) is 0 Å². The van der Waals surface area contributed by atoms with Crippen molar-refractivity contribution >= 4 is 15.7 Å². The summed E-state index contributed by atoms with van der Waals surface area (Å²) in [5.41, 5.74) is 5.28. The lowest BCUT2D eigenvalue weighted by molar-refractivity contribution is -0.141. The fraction of sp³-hybridized carbons (Fsp3) is 0.923. The first-order chi connectivity index (χ1) is 8.80. The van der Waals surface area contributed by atoms with Crippen molar-refractivity contribution in [2.24, 2.45) is 17.1 Å². The molecule has 1 saturated heterocycles. The van der Waals surface area contributed by atoms with E-state index in [0.717, 1.165) is 0 Å². The zero-order valence-corrected chi connectivity index (χ0v) is 13.0. The average molecular weight is 290 g/mol. The van der Waals surface area contributed by atoms with Crippen LogP contribution in [0.15, 0.2) is 0 Å². The lowest BCUT2D eigenvalue weighted by atomic mass is 9.81. The van der Waals surface area contributed by atoms with E-state index >= 15 is 0 Å². The van der Waals surface area contributed by atoms with E-state index in [9.17, 15) is 13.2 Å². The monoisotopic (exact) mass is 290 g/mol. The van der Waals surface area contributed by atoms with Gasteiger partial charge in [-0.05, 0) is 25.2 Å². The number of nitrogens with zero attached hydrogens (tertiary/aromatic N) is 1. The minimum atomic E-state index is -2.88. The number of amides is 1. The number of nitrogens with two attached hydrogens (primary N) is 1. The Balaban J connectivity index is 2.67. The third-order valence-electron chi connectivity index (χ3n) is 4.40. The van der Waals surface area contributed by atoms with Gasteiger partial charge in [0.15, 0.2) is 9.84 Å². The topological polar surface area (TPSA) is 80.5 Å². The summed E-state index contributed by atoms with van der Waals surface area (Å²) >= 11 is 0. The van der Waals surface area contributed by atoms with Crippen LogP contribution in [0.4, 0.5) is 0 Å². The standard InChI is InChI=1S/C13H26N2O3S/c1-4-13(5-2,10-14)12(16)15(3)8-11-6-7-19(17,18)9-11/h11H,4-10,14H2,1-3H3. The Kier molecular flexibility index (Phi) is 5.38. The normalized spacial score (nSPS) is 22.4. The molecule has 0 aromatic rings. The quantitative estimate of drug-likeness (QED) is 0.778. The molecule has 0 saturated carbocycles. The van der Waals surface area contributed by atoms with E-state index < -0.39 is 15.3 Å². The van der Waals surface area contributed by atoms with Gasteiger partial charge >= 0.3 is 0 Å². The molecule has 5 nitrogen and oxygen atoms in total. The van der Waals surface area contributed by atoms with E-state index in [2.05, 4.69) is 0 Å². The fourth-order valence-electron chi connectivity index (χ4n) is 2.82. The highest BCUT2D eigenvalue weighted by Crippen LogP contribution is 2.28. The van der Waals surface area contributed by atoms with Crippen molar-refractivity contribution < 1.29 is 13.2 Å². The van der Waals surface area contributed by atoms with Crippen LogP contribution < -0.4 is 5.73 Å². The van der Waals surface area contributed by atoms with Crippen LogP contribution >= 0.6 is 0 Å². The van der Waals surface area contributed by atoms with E-state index in [4.69, 9.17) is 5.73 Å². The van der Waals surface area contributed by atoms with E-state index in [1.807, 2.05) is 13.8 Å². The molecular weight excluding hydrogens is 264 g/mol. The molecule has 0 aliphatic carbocycles. The highest BCUT2D eigenvalue weighted by molar-refractivity contribution is 7.91. The van der Waals surface area contributed by atoms with Gasteiger partial charge in [-0.3, -0.25) is 4.79 Å². The second kappa shape index (κ2) is 6.22. The van der Waals surface area contributed by atoms with Gasteiger partial charge in [-0.15, -0.1) is 0 Å². The summed E-state index contributed by atoms with van der Waals surface area (Å²) in [6.07, 6.45) is 2.09. The van der Waals surface area contributed by atoms with Crippen molar-refractivity contribution in [2.75, 3.05) is 31.6 Å². The summed E-state index contributed by atoms with van der Waals surface area (Å²) in [6.45, 7) is 4.80. The van der Waals surface area contributed by atoms with Crippen molar-refractivity contribution in [3.63, 3.8) is 0 Å². The van der Waals surface area contributed by atoms with Crippen LogP contribution in [0.3, 0.4) is 0 Å². The first-order valence-electron chi connectivity index (χ1n) is 6.96. The largest absolute Gasteiger partial charge is 0.345 e. The molecule has 2 N–H and O–H groups in total. The van der Waals surface area contributed by atoms with Gasteiger partial charge in [0, 0.05) is 20.1 Å². The Bertz CT molecular complexity index is 407. The fourth-order valence-corrected chi connectivity index (χ4v) is 4.67. The van der Waals surface area contributed by atoms with Gasteiger partial charge in [0.25, 0.3) is 0 Å². The molecule has 1 atom stereocenters.